The Morgan fingerprint density at radius 2 is 1.81 bits per heavy atom. The van der Waals surface area contributed by atoms with Gasteiger partial charge in [0, 0.05) is 12.2 Å². The van der Waals surface area contributed by atoms with Gasteiger partial charge < -0.3 is 4.90 Å². The van der Waals surface area contributed by atoms with Crippen molar-refractivity contribution in [3.05, 3.63) is 65.7 Å². The van der Waals surface area contributed by atoms with Crippen LogP contribution in [0.15, 0.2) is 48.7 Å². The average Bonchev–Trinajstić information content (AvgIpc) is 2.69. The van der Waals surface area contributed by atoms with Gasteiger partial charge in [0.2, 0.25) is 5.91 Å². The Morgan fingerprint density at radius 3 is 2.41 bits per heavy atom. The van der Waals surface area contributed by atoms with Gasteiger partial charge in [-0.1, -0.05) is 37.5 Å². The van der Waals surface area contributed by atoms with E-state index in [-0.39, 0.29) is 17.8 Å². The molecule has 1 aliphatic carbocycles. The van der Waals surface area contributed by atoms with Crippen LogP contribution in [0.25, 0.3) is 0 Å². The molecule has 1 heterocycles. The van der Waals surface area contributed by atoms with Crippen molar-refractivity contribution in [3.63, 3.8) is 0 Å². The molecule has 1 fully saturated rings. The molecule has 1 amide bonds. The number of hydrogen-bond donors (Lipinski definition) is 0. The van der Waals surface area contributed by atoms with Gasteiger partial charge in [0.1, 0.15) is 11.9 Å². The Labute approximate surface area is 161 Å². The summed E-state index contributed by atoms with van der Waals surface area (Å²) in [6.45, 7) is 0.510. The van der Waals surface area contributed by atoms with E-state index < -0.39 is 6.04 Å². The summed E-state index contributed by atoms with van der Waals surface area (Å²) in [5.74, 6) is -0.231. The lowest BCUT2D eigenvalue weighted by Gasteiger charge is -2.38. The highest BCUT2D eigenvalue weighted by Crippen LogP contribution is 2.29. The van der Waals surface area contributed by atoms with Crippen LogP contribution in [0.5, 0.6) is 0 Å². The Morgan fingerprint density at radius 1 is 1.11 bits per heavy atom. The summed E-state index contributed by atoms with van der Waals surface area (Å²) >= 11 is 0. The number of aromatic nitrogens is 1. The second-order valence-electron chi connectivity index (χ2n) is 7.50. The Balaban J connectivity index is 1.90. The molecule has 0 unspecified atom stereocenters. The maximum atomic E-state index is 13.6. The minimum Gasteiger partial charge on any atom is -0.332 e. The van der Waals surface area contributed by atoms with Gasteiger partial charge in [-0.3, -0.25) is 14.7 Å². The number of nitrogens with zero attached hydrogens (tertiary/aromatic N) is 3. The van der Waals surface area contributed by atoms with E-state index in [1.807, 2.05) is 42.1 Å². The van der Waals surface area contributed by atoms with E-state index >= 15 is 0 Å². The molecule has 2 aromatic rings. The van der Waals surface area contributed by atoms with Crippen molar-refractivity contribution in [2.45, 2.75) is 50.7 Å². The zero-order valence-corrected chi connectivity index (χ0v) is 16.1. The van der Waals surface area contributed by atoms with E-state index in [1.54, 1.807) is 18.3 Å². The number of carbonyl (C=O) groups excluding carboxylic acids is 1. The van der Waals surface area contributed by atoms with Crippen molar-refractivity contribution in [1.29, 1.82) is 0 Å². The van der Waals surface area contributed by atoms with Gasteiger partial charge in [-0.25, -0.2) is 4.39 Å². The normalized spacial score (nSPS) is 16.3. The van der Waals surface area contributed by atoms with Crippen LogP contribution in [0.2, 0.25) is 0 Å². The Hall–Kier alpha value is -2.27. The maximum absolute atomic E-state index is 13.6. The second kappa shape index (κ2) is 9.09. The first-order valence-electron chi connectivity index (χ1n) is 9.68. The van der Waals surface area contributed by atoms with Gasteiger partial charge in [0.25, 0.3) is 0 Å². The Bertz CT molecular complexity index is 727. The summed E-state index contributed by atoms with van der Waals surface area (Å²) in [6.07, 6.45) is 7.36. The van der Waals surface area contributed by atoms with Crippen LogP contribution >= 0.6 is 0 Å². The number of carbonyl (C=O) groups is 1. The fourth-order valence-corrected chi connectivity index (χ4v) is 3.91. The molecule has 1 aromatic carbocycles. The van der Waals surface area contributed by atoms with E-state index in [2.05, 4.69) is 4.98 Å². The van der Waals surface area contributed by atoms with E-state index in [9.17, 15) is 9.18 Å². The van der Waals surface area contributed by atoms with Crippen LogP contribution in [0.3, 0.4) is 0 Å². The van der Waals surface area contributed by atoms with E-state index in [0.29, 0.717) is 6.54 Å². The number of halogens is 1. The first kappa shape index (κ1) is 19.5. The van der Waals surface area contributed by atoms with Gasteiger partial charge in [-0.2, -0.15) is 0 Å². The smallest absolute Gasteiger partial charge is 0.245 e. The minimum atomic E-state index is -0.434. The zero-order chi connectivity index (χ0) is 19.2. The molecule has 27 heavy (non-hydrogen) atoms. The first-order valence-corrected chi connectivity index (χ1v) is 9.68. The van der Waals surface area contributed by atoms with Crippen molar-refractivity contribution in [2.75, 3.05) is 14.1 Å². The van der Waals surface area contributed by atoms with Crippen molar-refractivity contribution in [2.24, 2.45) is 0 Å². The van der Waals surface area contributed by atoms with Crippen LogP contribution in [-0.2, 0) is 11.3 Å². The molecule has 0 aliphatic heterocycles. The van der Waals surface area contributed by atoms with Crippen molar-refractivity contribution < 1.29 is 9.18 Å². The predicted molar refractivity (Wildman–Crippen MR) is 104 cm³/mol. The number of pyridine rings is 1. The van der Waals surface area contributed by atoms with Crippen LogP contribution in [0.1, 0.15) is 49.4 Å². The molecule has 5 heteroatoms. The van der Waals surface area contributed by atoms with Crippen LogP contribution in [0.4, 0.5) is 4.39 Å². The van der Waals surface area contributed by atoms with E-state index in [1.165, 1.54) is 18.6 Å². The monoisotopic (exact) mass is 369 g/mol. The SMILES string of the molecule is CN(C)[C@@H](C(=O)N(Cc1ccccn1)C1CCCCC1)c1ccc(F)cc1. The third-order valence-corrected chi connectivity index (χ3v) is 5.29. The third kappa shape index (κ3) is 4.92. The van der Waals surface area contributed by atoms with Crippen molar-refractivity contribution in [1.82, 2.24) is 14.8 Å². The second-order valence-corrected chi connectivity index (χ2v) is 7.50. The highest BCUT2D eigenvalue weighted by Gasteiger charge is 2.33. The quantitative estimate of drug-likeness (QED) is 0.766. The van der Waals surface area contributed by atoms with Gasteiger partial charge in [0.05, 0.1) is 12.2 Å². The molecule has 0 saturated heterocycles. The van der Waals surface area contributed by atoms with Crippen LogP contribution < -0.4 is 0 Å². The standard InChI is InChI=1S/C22H28FN3O/c1-25(2)21(17-11-13-18(23)14-12-17)22(27)26(20-9-4-3-5-10-20)16-19-8-6-7-15-24-19/h6-8,11-15,20-21H,3-5,9-10,16H2,1-2H3/t21-/m1/s1. The highest BCUT2D eigenvalue weighted by atomic mass is 19.1. The molecule has 0 spiro atoms. The largest absolute Gasteiger partial charge is 0.332 e. The third-order valence-electron chi connectivity index (χ3n) is 5.29. The van der Waals surface area contributed by atoms with Gasteiger partial charge in [-0.15, -0.1) is 0 Å². The van der Waals surface area contributed by atoms with Gasteiger partial charge in [0.15, 0.2) is 0 Å². The summed E-state index contributed by atoms with van der Waals surface area (Å²) in [4.78, 5) is 22.0. The Kier molecular flexibility index (Phi) is 6.56. The minimum absolute atomic E-state index is 0.0594. The molecule has 3 rings (SSSR count). The molecule has 0 bridgehead atoms. The van der Waals surface area contributed by atoms with Crippen LogP contribution in [0, 0.1) is 5.82 Å². The molecule has 1 atom stereocenters. The molecular formula is C22H28FN3O. The predicted octanol–water partition coefficient (Wildman–Crippen LogP) is 4.18. The molecule has 1 aliphatic rings. The number of hydrogen-bond acceptors (Lipinski definition) is 3. The number of likely N-dealkylation sites (N-methyl/N-ethyl adjacent to an activating group) is 1. The molecule has 0 N–H and O–H groups in total. The lowest BCUT2D eigenvalue weighted by molar-refractivity contribution is -0.140. The molecule has 144 valence electrons. The average molecular weight is 369 g/mol. The van der Waals surface area contributed by atoms with E-state index in [0.717, 1.165) is 36.9 Å². The first-order chi connectivity index (χ1) is 13.1. The molecule has 4 nitrogen and oxygen atoms in total. The van der Waals surface area contributed by atoms with Crippen LogP contribution in [-0.4, -0.2) is 40.8 Å². The van der Waals surface area contributed by atoms with Gasteiger partial charge >= 0.3 is 0 Å². The number of benzene rings is 1. The fraction of sp³-hybridized carbons (Fsp3) is 0.455. The maximum Gasteiger partial charge on any atom is 0.245 e. The number of rotatable bonds is 6. The summed E-state index contributed by atoms with van der Waals surface area (Å²) in [5.41, 5.74) is 1.71. The topological polar surface area (TPSA) is 36.4 Å². The lowest BCUT2D eigenvalue weighted by atomic mass is 9.92. The summed E-state index contributed by atoms with van der Waals surface area (Å²) < 4.78 is 13.4. The van der Waals surface area contributed by atoms with Crippen molar-refractivity contribution >= 4 is 5.91 Å². The summed E-state index contributed by atoms with van der Waals surface area (Å²) in [7, 11) is 3.79. The lowest BCUT2D eigenvalue weighted by Crippen LogP contribution is -2.46. The van der Waals surface area contributed by atoms with Gasteiger partial charge in [-0.05, 0) is 56.8 Å². The molecular weight excluding hydrogens is 341 g/mol. The zero-order valence-electron chi connectivity index (χ0n) is 16.1. The summed E-state index contributed by atoms with van der Waals surface area (Å²) in [6, 6.07) is 11.9. The molecule has 1 aromatic heterocycles. The summed E-state index contributed by atoms with van der Waals surface area (Å²) in [5, 5.41) is 0. The molecule has 1 saturated carbocycles. The van der Waals surface area contributed by atoms with Crippen molar-refractivity contribution in [3.8, 4) is 0 Å². The fourth-order valence-electron chi connectivity index (χ4n) is 3.91. The molecule has 0 radical (unpaired) electrons. The number of amides is 1. The van der Waals surface area contributed by atoms with E-state index in [4.69, 9.17) is 0 Å². The highest BCUT2D eigenvalue weighted by molar-refractivity contribution is 5.83.